The maximum Gasteiger partial charge on any atom is 0.255 e. The highest BCUT2D eigenvalue weighted by atomic mass is 35.5. The van der Waals surface area contributed by atoms with Crippen molar-refractivity contribution >= 4 is 23.4 Å². The van der Waals surface area contributed by atoms with Crippen molar-refractivity contribution in [2.75, 3.05) is 6.54 Å². The molecular formula is C23H25ClN4O2. The van der Waals surface area contributed by atoms with Crippen LogP contribution in [0.3, 0.4) is 0 Å². The number of carbonyl (C=O) groups excluding carboxylic acids is 2. The SMILES string of the molecule is CCNC(=O)c1cccc(CNC(=O)c2cnn(-c3ccc(Cl)cc3)c2C(C)C)c1. The Hall–Kier alpha value is -3.12. The maximum atomic E-state index is 12.9. The van der Waals surface area contributed by atoms with Gasteiger partial charge in [0.2, 0.25) is 0 Å². The van der Waals surface area contributed by atoms with Crippen molar-refractivity contribution in [3.05, 3.63) is 82.1 Å². The molecule has 2 amide bonds. The summed E-state index contributed by atoms with van der Waals surface area (Å²) in [5.41, 5.74) is 3.62. The summed E-state index contributed by atoms with van der Waals surface area (Å²) in [7, 11) is 0. The lowest BCUT2D eigenvalue weighted by atomic mass is 10.0. The van der Waals surface area contributed by atoms with E-state index in [9.17, 15) is 9.59 Å². The molecule has 1 aromatic heterocycles. The second-order valence-corrected chi connectivity index (χ2v) is 7.67. The molecule has 7 heteroatoms. The molecule has 3 aromatic rings. The van der Waals surface area contributed by atoms with Crippen molar-refractivity contribution in [2.45, 2.75) is 33.2 Å². The molecule has 0 bridgehead atoms. The summed E-state index contributed by atoms with van der Waals surface area (Å²) in [5, 5.41) is 10.8. The van der Waals surface area contributed by atoms with Crippen LogP contribution in [-0.2, 0) is 6.54 Å². The number of hydrogen-bond acceptors (Lipinski definition) is 3. The van der Waals surface area contributed by atoms with E-state index < -0.39 is 0 Å². The zero-order valence-electron chi connectivity index (χ0n) is 17.3. The van der Waals surface area contributed by atoms with Gasteiger partial charge < -0.3 is 10.6 Å². The molecule has 0 spiro atoms. The van der Waals surface area contributed by atoms with E-state index in [-0.39, 0.29) is 17.7 Å². The summed E-state index contributed by atoms with van der Waals surface area (Å²) in [6, 6.07) is 14.6. The molecule has 1 heterocycles. The standard InChI is InChI=1S/C23H25ClN4O2/c1-4-25-22(29)17-7-5-6-16(12-17)13-26-23(30)20-14-27-28(21(20)15(2)3)19-10-8-18(24)9-11-19/h5-12,14-15H,4,13H2,1-3H3,(H,25,29)(H,26,30). The van der Waals surface area contributed by atoms with Gasteiger partial charge >= 0.3 is 0 Å². The minimum absolute atomic E-state index is 0.0880. The van der Waals surface area contributed by atoms with Gasteiger partial charge in [-0.05, 0) is 54.8 Å². The Morgan fingerprint density at radius 3 is 2.47 bits per heavy atom. The van der Waals surface area contributed by atoms with Crippen molar-refractivity contribution < 1.29 is 9.59 Å². The number of nitrogens with one attached hydrogen (secondary N) is 2. The maximum absolute atomic E-state index is 12.9. The van der Waals surface area contributed by atoms with E-state index >= 15 is 0 Å². The van der Waals surface area contributed by atoms with Crippen LogP contribution in [0.25, 0.3) is 5.69 Å². The van der Waals surface area contributed by atoms with E-state index in [1.165, 1.54) is 0 Å². The minimum Gasteiger partial charge on any atom is -0.352 e. The summed E-state index contributed by atoms with van der Waals surface area (Å²) in [6.07, 6.45) is 1.59. The molecule has 0 fully saturated rings. The van der Waals surface area contributed by atoms with Gasteiger partial charge in [0.15, 0.2) is 0 Å². The molecule has 156 valence electrons. The third-order valence-corrected chi connectivity index (χ3v) is 4.90. The van der Waals surface area contributed by atoms with Crippen LogP contribution in [0.1, 0.15) is 58.7 Å². The van der Waals surface area contributed by atoms with E-state index in [1.54, 1.807) is 35.1 Å². The number of hydrogen-bond donors (Lipinski definition) is 2. The molecule has 2 N–H and O–H groups in total. The predicted molar refractivity (Wildman–Crippen MR) is 118 cm³/mol. The lowest BCUT2D eigenvalue weighted by Gasteiger charge is -2.13. The zero-order valence-corrected chi connectivity index (χ0v) is 18.0. The summed E-state index contributed by atoms with van der Waals surface area (Å²) < 4.78 is 1.77. The van der Waals surface area contributed by atoms with Crippen LogP contribution in [0.5, 0.6) is 0 Å². The molecule has 30 heavy (non-hydrogen) atoms. The van der Waals surface area contributed by atoms with Gasteiger partial charge in [-0.3, -0.25) is 9.59 Å². The molecule has 0 atom stereocenters. The molecule has 0 saturated heterocycles. The fourth-order valence-electron chi connectivity index (χ4n) is 3.24. The smallest absolute Gasteiger partial charge is 0.255 e. The second kappa shape index (κ2) is 9.59. The van der Waals surface area contributed by atoms with E-state index in [0.29, 0.717) is 29.2 Å². The minimum atomic E-state index is -0.206. The highest BCUT2D eigenvalue weighted by Gasteiger charge is 2.21. The molecule has 2 aromatic carbocycles. The highest BCUT2D eigenvalue weighted by molar-refractivity contribution is 6.30. The van der Waals surface area contributed by atoms with Gasteiger partial charge in [0, 0.05) is 23.7 Å². The summed E-state index contributed by atoms with van der Waals surface area (Å²) >= 11 is 5.99. The Morgan fingerprint density at radius 2 is 1.80 bits per heavy atom. The quantitative estimate of drug-likeness (QED) is 0.592. The number of halogens is 1. The zero-order chi connectivity index (χ0) is 21.7. The van der Waals surface area contributed by atoms with Gasteiger partial charge in [-0.15, -0.1) is 0 Å². The van der Waals surface area contributed by atoms with Crippen LogP contribution in [0.4, 0.5) is 0 Å². The van der Waals surface area contributed by atoms with Gasteiger partial charge in [-0.2, -0.15) is 5.10 Å². The Labute approximate surface area is 181 Å². The van der Waals surface area contributed by atoms with Crippen LogP contribution in [0.15, 0.2) is 54.7 Å². The molecule has 0 aliphatic carbocycles. The Kier molecular flexibility index (Phi) is 6.90. The first-order chi connectivity index (χ1) is 14.4. The third-order valence-electron chi connectivity index (χ3n) is 4.65. The summed E-state index contributed by atoms with van der Waals surface area (Å²) in [4.78, 5) is 24.9. The van der Waals surface area contributed by atoms with Crippen LogP contribution >= 0.6 is 11.6 Å². The number of nitrogens with zero attached hydrogens (tertiary/aromatic N) is 2. The number of rotatable bonds is 7. The number of amides is 2. The van der Waals surface area contributed by atoms with Crippen LogP contribution in [0.2, 0.25) is 5.02 Å². The van der Waals surface area contributed by atoms with Crippen molar-refractivity contribution in [3.63, 3.8) is 0 Å². The molecule has 0 aliphatic heterocycles. The fraction of sp³-hybridized carbons (Fsp3) is 0.261. The first kappa shape index (κ1) is 21.6. The van der Waals surface area contributed by atoms with Gasteiger partial charge in [0.1, 0.15) is 0 Å². The Morgan fingerprint density at radius 1 is 1.07 bits per heavy atom. The van der Waals surface area contributed by atoms with E-state index in [1.807, 2.05) is 45.0 Å². The first-order valence-corrected chi connectivity index (χ1v) is 10.3. The number of carbonyl (C=O) groups is 2. The average Bonchev–Trinajstić information content (AvgIpc) is 3.18. The molecule has 3 rings (SSSR count). The fourth-order valence-corrected chi connectivity index (χ4v) is 3.37. The normalized spacial score (nSPS) is 10.8. The van der Waals surface area contributed by atoms with Gasteiger partial charge in [0.05, 0.1) is 23.1 Å². The lowest BCUT2D eigenvalue weighted by molar-refractivity contribution is 0.0946. The molecule has 0 aliphatic rings. The van der Waals surface area contributed by atoms with E-state index in [4.69, 9.17) is 11.6 Å². The monoisotopic (exact) mass is 424 g/mol. The largest absolute Gasteiger partial charge is 0.352 e. The molecule has 0 radical (unpaired) electrons. The molecule has 0 unspecified atom stereocenters. The van der Waals surface area contributed by atoms with Crippen LogP contribution in [-0.4, -0.2) is 28.1 Å². The predicted octanol–water partition coefficient (Wildman–Crippen LogP) is 4.33. The summed E-state index contributed by atoms with van der Waals surface area (Å²) in [5.74, 6) is -0.246. The third kappa shape index (κ3) is 4.89. The van der Waals surface area contributed by atoms with Crippen LogP contribution < -0.4 is 10.6 Å². The van der Waals surface area contributed by atoms with Gasteiger partial charge in [0.25, 0.3) is 11.8 Å². The van der Waals surface area contributed by atoms with E-state index in [0.717, 1.165) is 16.9 Å². The van der Waals surface area contributed by atoms with E-state index in [2.05, 4.69) is 15.7 Å². The highest BCUT2D eigenvalue weighted by Crippen LogP contribution is 2.24. The number of aromatic nitrogens is 2. The molecular weight excluding hydrogens is 400 g/mol. The summed E-state index contributed by atoms with van der Waals surface area (Å²) in [6.45, 7) is 6.80. The van der Waals surface area contributed by atoms with Crippen molar-refractivity contribution in [1.29, 1.82) is 0 Å². The number of benzene rings is 2. The first-order valence-electron chi connectivity index (χ1n) is 9.90. The average molecular weight is 425 g/mol. The van der Waals surface area contributed by atoms with Crippen molar-refractivity contribution in [1.82, 2.24) is 20.4 Å². The Bertz CT molecular complexity index is 1040. The van der Waals surface area contributed by atoms with Crippen molar-refractivity contribution in [2.24, 2.45) is 0 Å². The lowest BCUT2D eigenvalue weighted by Crippen LogP contribution is -2.25. The molecule has 0 saturated carbocycles. The molecule has 6 nitrogen and oxygen atoms in total. The van der Waals surface area contributed by atoms with Gasteiger partial charge in [-0.1, -0.05) is 37.6 Å². The van der Waals surface area contributed by atoms with Gasteiger partial charge in [-0.25, -0.2) is 4.68 Å². The van der Waals surface area contributed by atoms with Crippen molar-refractivity contribution in [3.8, 4) is 5.69 Å². The topological polar surface area (TPSA) is 76.0 Å². The van der Waals surface area contributed by atoms with Crippen LogP contribution in [0, 0.1) is 0 Å². The second-order valence-electron chi connectivity index (χ2n) is 7.23. The Balaban J connectivity index is 1.78.